The summed E-state index contributed by atoms with van der Waals surface area (Å²) < 4.78 is 0. The third-order valence-electron chi connectivity index (χ3n) is 3.83. The summed E-state index contributed by atoms with van der Waals surface area (Å²) in [6.45, 7) is 2.13. The zero-order valence-corrected chi connectivity index (χ0v) is 11.0. The number of fused-ring (bicyclic) bond motifs is 1. The van der Waals surface area contributed by atoms with E-state index in [-0.39, 0.29) is 6.04 Å². The molecule has 2 atom stereocenters. The van der Waals surface area contributed by atoms with Crippen molar-refractivity contribution in [2.45, 2.75) is 31.8 Å². The van der Waals surface area contributed by atoms with Gasteiger partial charge in [-0.05, 0) is 49.1 Å². The van der Waals surface area contributed by atoms with Crippen molar-refractivity contribution in [3.8, 4) is 5.75 Å². The van der Waals surface area contributed by atoms with E-state index in [1.807, 2.05) is 30.5 Å². The number of aromatic nitrogens is 1. The fraction of sp³-hybridized carbons (Fsp3) is 0.312. The van der Waals surface area contributed by atoms with Gasteiger partial charge in [-0.1, -0.05) is 18.2 Å². The molecule has 2 aromatic rings. The zero-order chi connectivity index (χ0) is 13.2. The second kappa shape index (κ2) is 5.02. The number of hydrogen-bond donors (Lipinski definition) is 2. The molecule has 0 fully saturated rings. The molecule has 1 aromatic heterocycles. The maximum Gasteiger partial charge on any atom is 0.119 e. The number of pyridine rings is 1. The van der Waals surface area contributed by atoms with E-state index < -0.39 is 0 Å². The Balaban J connectivity index is 1.78. The van der Waals surface area contributed by atoms with E-state index in [2.05, 4.69) is 23.3 Å². The van der Waals surface area contributed by atoms with E-state index in [4.69, 9.17) is 0 Å². The lowest BCUT2D eigenvalue weighted by molar-refractivity contribution is 0.458. The SMILES string of the molecule is CC(NC1CCc2c(O)cccc21)c1ccccn1. The van der Waals surface area contributed by atoms with Gasteiger partial charge in [0.25, 0.3) is 0 Å². The van der Waals surface area contributed by atoms with Gasteiger partial charge in [-0.3, -0.25) is 4.98 Å². The molecule has 1 aromatic carbocycles. The monoisotopic (exact) mass is 254 g/mol. The smallest absolute Gasteiger partial charge is 0.119 e. The minimum absolute atomic E-state index is 0.208. The van der Waals surface area contributed by atoms with E-state index in [1.165, 1.54) is 5.56 Å². The third kappa shape index (κ3) is 2.34. The summed E-state index contributed by atoms with van der Waals surface area (Å²) in [6.07, 6.45) is 3.79. The lowest BCUT2D eigenvalue weighted by atomic mass is 10.1. The molecule has 2 unspecified atom stereocenters. The molecule has 3 heteroatoms. The molecular formula is C16H18N2O. The molecule has 19 heavy (non-hydrogen) atoms. The quantitative estimate of drug-likeness (QED) is 0.884. The molecule has 0 amide bonds. The number of benzene rings is 1. The molecule has 98 valence electrons. The average molecular weight is 254 g/mol. The minimum atomic E-state index is 0.208. The van der Waals surface area contributed by atoms with Crippen molar-refractivity contribution in [3.63, 3.8) is 0 Å². The standard InChI is InChI=1S/C16H18N2O/c1-11(14-6-2-3-10-17-14)18-15-9-8-13-12(15)5-4-7-16(13)19/h2-7,10-11,15,18-19H,8-9H2,1H3. The first-order chi connectivity index (χ1) is 9.25. The first kappa shape index (κ1) is 12.2. The van der Waals surface area contributed by atoms with Gasteiger partial charge in [0.05, 0.1) is 5.69 Å². The van der Waals surface area contributed by atoms with Crippen LogP contribution in [0, 0.1) is 0 Å². The number of hydrogen-bond acceptors (Lipinski definition) is 3. The first-order valence-corrected chi connectivity index (χ1v) is 6.73. The number of nitrogens with zero attached hydrogens (tertiary/aromatic N) is 1. The van der Waals surface area contributed by atoms with Crippen LogP contribution in [0.1, 0.15) is 42.2 Å². The zero-order valence-electron chi connectivity index (χ0n) is 11.0. The number of phenols is 1. The van der Waals surface area contributed by atoms with Crippen LogP contribution >= 0.6 is 0 Å². The highest BCUT2D eigenvalue weighted by Gasteiger charge is 2.25. The lowest BCUT2D eigenvalue weighted by Gasteiger charge is -2.20. The van der Waals surface area contributed by atoms with Gasteiger partial charge in [0.1, 0.15) is 5.75 Å². The van der Waals surface area contributed by atoms with Gasteiger partial charge in [0, 0.05) is 18.3 Å². The highest BCUT2D eigenvalue weighted by molar-refractivity contribution is 5.44. The third-order valence-corrected chi connectivity index (χ3v) is 3.83. The maximum absolute atomic E-state index is 9.86. The Morgan fingerprint density at radius 2 is 2.16 bits per heavy atom. The van der Waals surface area contributed by atoms with Crippen LogP contribution in [-0.4, -0.2) is 10.1 Å². The molecule has 1 aliphatic carbocycles. The molecule has 1 heterocycles. The lowest BCUT2D eigenvalue weighted by Crippen LogP contribution is -2.23. The maximum atomic E-state index is 9.86. The van der Waals surface area contributed by atoms with E-state index in [0.29, 0.717) is 11.8 Å². The summed E-state index contributed by atoms with van der Waals surface area (Å²) in [6, 6.07) is 12.3. The summed E-state index contributed by atoms with van der Waals surface area (Å²) >= 11 is 0. The molecule has 0 aliphatic heterocycles. The van der Waals surface area contributed by atoms with Crippen molar-refractivity contribution in [3.05, 3.63) is 59.4 Å². The van der Waals surface area contributed by atoms with Gasteiger partial charge >= 0.3 is 0 Å². The molecule has 1 aliphatic rings. The van der Waals surface area contributed by atoms with Crippen molar-refractivity contribution in [2.24, 2.45) is 0 Å². The van der Waals surface area contributed by atoms with Crippen LogP contribution < -0.4 is 5.32 Å². The fourth-order valence-corrected chi connectivity index (χ4v) is 2.83. The Bertz CT molecular complexity index is 568. The van der Waals surface area contributed by atoms with Crippen molar-refractivity contribution >= 4 is 0 Å². The summed E-state index contributed by atoms with van der Waals surface area (Å²) in [5.41, 5.74) is 3.37. The molecular weight excluding hydrogens is 236 g/mol. The molecule has 2 N–H and O–H groups in total. The van der Waals surface area contributed by atoms with Crippen LogP contribution in [0.5, 0.6) is 5.75 Å². The molecule has 3 rings (SSSR count). The number of phenolic OH excluding ortho intramolecular Hbond substituents is 1. The summed E-state index contributed by atoms with van der Waals surface area (Å²) in [5, 5.41) is 13.5. The fourth-order valence-electron chi connectivity index (χ4n) is 2.83. The van der Waals surface area contributed by atoms with Gasteiger partial charge in [-0.2, -0.15) is 0 Å². The van der Waals surface area contributed by atoms with Crippen LogP contribution in [0.3, 0.4) is 0 Å². The van der Waals surface area contributed by atoms with Gasteiger partial charge in [0.2, 0.25) is 0 Å². The predicted octanol–water partition coefficient (Wildman–Crippen LogP) is 3.13. The number of rotatable bonds is 3. The van der Waals surface area contributed by atoms with Gasteiger partial charge < -0.3 is 10.4 Å². The summed E-state index contributed by atoms with van der Waals surface area (Å²) in [7, 11) is 0. The van der Waals surface area contributed by atoms with Gasteiger partial charge in [-0.15, -0.1) is 0 Å². The van der Waals surface area contributed by atoms with Gasteiger partial charge in [0.15, 0.2) is 0 Å². The minimum Gasteiger partial charge on any atom is -0.508 e. The van der Waals surface area contributed by atoms with E-state index in [0.717, 1.165) is 24.1 Å². The van der Waals surface area contributed by atoms with Crippen LogP contribution in [0.25, 0.3) is 0 Å². The molecule has 0 radical (unpaired) electrons. The molecule has 0 saturated carbocycles. The van der Waals surface area contributed by atoms with Crippen LogP contribution in [0.4, 0.5) is 0 Å². The molecule has 3 nitrogen and oxygen atoms in total. The second-order valence-electron chi connectivity index (χ2n) is 5.08. The van der Waals surface area contributed by atoms with Crippen LogP contribution in [0.15, 0.2) is 42.6 Å². The summed E-state index contributed by atoms with van der Waals surface area (Å²) in [5.74, 6) is 0.423. The van der Waals surface area contributed by atoms with Crippen molar-refractivity contribution < 1.29 is 5.11 Å². The van der Waals surface area contributed by atoms with E-state index in [1.54, 1.807) is 6.07 Å². The normalized spacial score (nSPS) is 19.1. The Hall–Kier alpha value is -1.87. The largest absolute Gasteiger partial charge is 0.508 e. The highest BCUT2D eigenvalue weighted by atomic mass is 16.3. The van der Waals surface area contributed by atoms with E-state index >= 15 is 0 Å². The van der Waals surface area contributed by atoms with E-state index in [9.17, 15) is 5.11 Å². The topological polar surface area (TPSA) is 45.1 Å². The average Bonchev–Trinajstić information content (AvgIpc) is 2.84. The van der Waals surface area contributed by atoms with Crippen molar-refractivity contribution in [1.29, 1.82) is 0 Å². The van der Waals surface area contributed by atoms with Crippen LogP contribution in [-0.2, 0) is 6.42 Å². The van der Waals surface area contributed by atoms with Gasteiger partial charge in [-0.25, -0.2) is 0 Å². The second-order valence-corrected chi connectivity index (χ2v) is 5.08. The predicted molar refractivity (Wildman–Crippen MR) is 75.0 cm³/mol. The van der Waals surface area contributed by atoms with Crippen molar-refractivity contribution in [2.75, 3.05) is 0 Å². The highest BCUT2D eigenvalue weighted by Crippen LogP contribution is 2.37. The molecule has 0 bridgehead atoms. The van der Waals surface area contributed by atoms with Crippen molar-refractivity contribution in [1.82, 2.24) is 10.3 Å². The Morgan fingerprint density at radius 1 is 1.26 bits per heavy atom. The molecule has 0 spiro atoms. The number of nitrogens with one attached hydrogen (secondary N) is 1. The first-order valence-electron chi connectivity index (χ1n) is 6.73. The Labute approximate surface area is 113 Å². The Kier molecular flexibility index (Phi) is 3.22. The Morgan fingerprint density at radius 3 is 2.95 bits per heavy atom. The summed E-state index contributed by atoms with van der Waals surface area (Å²) in [4.78, 5) is 4.38. The van der Waals surface area contributed by atoms with Crippen LogP contribution in [0.2, 0.25) is 0 Å². The number of aromatic hydroxyl groups is 1. The molecule has 0 saturated heterocycles.